The molecule has 1 aliphatic carbocycles. The standard InChI is InChI=1S/C23H39N3O8/c1-23(2,3)34-22(30)26-13(5-4-8-24)20(29)25-9-15-16-17(27)18(28)21(33-15)32-14-7-6-11(14)12-10-31-19(12)16/h11-19,21,27-28H,4-10,24H2,1-3H3,(H,25,29)(H,26,30). The Morgan fingerprint density at radius 2 is 1.91 bits per heavy atom. The molecule has 1 saturated carbocycles. The van der Waals surface area contributed by atoms with Gasteiger partial charge in [-0.05, 0) is 58.9 Å². The first-order chi connectivity index (χ1) is 16.1. The number of hydrogen-bond donors (Lipinski definition) is 5. The quantitative estimate of drug-likeness (QED) is 0.324. The number of nitrogens with two attached hydrogens (primary N) is 1. The van der Waals surface area contributed by atoms with Gasteiger partial charge in [-0.2, -0.15) is 0 Å². The van der Waals surface area contributed by atoms with Crippen LogP contribution in [0, 0.1) is 17.8 Å². The molecule has 194 valence electrons. The Labute approximate surface area is 200 Å². The van der Waals surface area contributed by atoms with E-state index in [2.05, 4.69) is 10.6 Å². The zero-order chi connectivity index (χ0) is 24.6. The summed E-state index contributed by atoms with van der Waals surface area (Å²) in [6.07, 6.45) is -2.03. The van der Waals surface area contributed by atoms with E-state index in [0.717, 1.165) is 12.8 Å². The lowest BCUT2D eigenvalue weighted by Crippen LogP contribution is -2.64. The molecule has 10 unspecified atom stereocenters. The third kappa shape index (κ3) is 5.34. The topological polar surface area (TPSA) is 162 Å². The van der Waals surface area contributed by atoms with Crippen LogP contribution < -0.4 is 16.4 Å². The Morgan fingerprint density at radius 3 is 2.50 bits per heavy atom. The number of aliphatic hydroxyl groups is 2. The number of alkyl carbamates (subject to hydrolysis) is 1. The van der Waals surface area contributed by atoms with Gasteiger partial charge in [-0.25, -0.2) is 4.79 Å². The first kappa shape index (κ1) is 25.6. The maximum absolute atomic E-state index is 13.0. The molecule has 4 heterocycles. The Bertz CT molecular complexity index is 744. The van der Waals surface area contributed by atoms with Gasteiger partial charge in [0, 0.05) is 18.4 Å². The van der Waals surface area contributed by atoms with Gasteiger partial charge >= 0.3 is 6.09 Å². The van der Waals surface area contributed by atoms with Crippen molar-refractivity contribution in [3.63, 3.8) is 0 Å². The molecule has 2 amide bonds. The number of carbonyl (C=O) groups is 2. The molecule has 5 aliphatic rings. The summed E-state index contributed by atoms with van der Waals surface area (Å²) < 4.78 is 23.2. The fraction of sp³-hybridized carbons (Fsp3) is 0.913. The van der Waals surface area contributed by atoms with E-state index in [4.69, 9.17) is 24.7 Å². The monoisotopic (exact) mass is 485 g/mol. The average molecular weight is 486 g/mol. The van der Waals surface area contributed by atoms with Crippen LogP contribution in [0.1, 0.15) is 46.5 Å². The molecule has 0 aromatic rings. The zero-order valence-corrected chi connectivity index (χ0v) is 20.1. The van der Waals surface area contributed by atoms with Crippen molar-refractivity contribution in [3.05, 3.63) is 0 Å². The van der Waals surface area contributed by atoms with Crippen molar-refractivity contribution in [1.29, 1.82) is 0 Å². The molecular formula is C23H39N3O8. The van der Waals surface area contributed by atoms with Crippen molar-refractivity contribution in [3.8, 4) is 0 Å². The Kier molecular flexibility index (Phi) is 7.70. The van der Waals surface area contributed by atoms with E-state index in [0.29, 0.717) is 31.9 Å². The van der Waals surface area contributed by atoms with E-state index in [1.807, 2.05) is 0 Å². The van der Waals surface area contributed by atoms with Crippen LogP contribution in [0.2, 0.25) is 0 Å². The number of ether oxygens (including phenoxy) is 4. The highest BCUT2D eigenvalue weighted by molar-refractivity contribution is 5.85. The maximum atomic E-state index is 13.0. The summed E-state index contributed by atoms with van der Waals surface area (Å²) in [6.45, 7) is 6.28. The van der Waals surface area contributed by atoms with Crippen LogP contribution in [0.3, 0.4) is 0 Å². The number of fused-ring (bicyclic) bond motifs is 2. The van der Waals surface area contributed by atoms with Crippen molar-refractivity contribution in [2.75, 3.05) is 19.7 Å². The second kappa shape index (κ2) is 10.2. The lowest BCUT2D eigenvalue weighted by Gasteiger charge is -2.52. The predicted octanol–water partition coefficient (Wildman–Crippen LogP) is -0.378. The predicted molar refractivity (Wildman–Crippen MR) is 119 cm³/mol. The largest absolute Gasteiger partial charge is 0.444 e. The number of rotatable bonds is 7. The molecule has 0 aromatic carbocycles. The minimum absolute atomic E-state index is 0.0194. The van der Waals surface area contributed by atoms with Crippen LogP contribution in [0.4, 0.5) is 4.79 Å². The van der Waals surface area contributed by atoms with E-state index in [9.17, 15) is 19.8 Å². The SMILES string of the molecule is CC(C)(C)OC(=O)NC(CCCN)C(=O)NCC1OC2OC3CCC3C3COC3C1C(O)C2O. The zero-order valence-electron chi connectivity index (χ0n) is 20.1. The van der Waals surface area contributed by atoms with Gasteiger partial charge in [0.25, 0.3) is 0 Å². The molecule has 10 atom stereocenters. The van der Waals surface area contributed by atoms with E-state index < -0.39 is 54.2 Å². The molecule has 5 rings (SSSR count). The third-order valence-electron chi connectivity index (χ3n) is 7.35. The molecule has 5 fully saturated rings. The lowest BCUT2D eigenvalue weighted by atomic mass is 9.66. The van der Waals surface area contributed by atoms with Gasteiger partial charge in [0.1, 0.15) is 17.7 Å². The Hall–Kier alpha value is -1.50. The molecule has 2 bridgehead atoms. The smallest absolute Gasteiger partial charge is 0.408 e. The van der Waals surface area contributed by atoms with E-state index in [1.54, 1.807) is 20.8 Å². The number of aliphatic hydroxyl groups excluding tert-OH is 2. The van der Waals surface area contributed by atoms with E-state index >= 15 is 0 Å². The Balaban J connectivity index is 1.42. The fourth-order valence-corrected chi connectivity index (χ4v) is 5.43. The van der Waals surface area contributed by atoms with Gasteiger partial charge in [-0.15, -0.1) is 0 Å². The first-order valence-corrected chi connectivity index (χ1v) is 12.3. The molecule has 0 spiro atoms. The molecule has 4 aliphatic heterocycles. The second-order valence-corrected chi connectivity index (χ2v) is 10.9. The normalized spacial score (nSPS) is 39.6. The summed E-state index contributed by atoms with van der Waals surface area (Å²) in [5.74, 6) is -0.345. The van der Waals surface area contributed by atoms with Gasteiger partial charge < -0.3 is 45.5 Å². The van der Waals surface area contributed by atoms with Crippen molar-refractivity contribution in [2.45, 2.75) is 94.9 Å². The molecule has 11 nitrogen and oxygen atoms in total. The first-order valence-electron chi connectivity index (χ1n) is 12.3. The van der Waals surface area contributed by atoms with Crippen LogP contribution in [0.25, 0.3) is 0 Å². The Morgan fingerprint density at radius 1 is 1.15 bits per heavy atom. The van der Waals surface area contributed by atoms with E-state index in [1.165, 1.54) is 0 Å². The number of carbonyl (C=O) groups excluding carboxylic acids is 2. The van der Waals surface area contributed by atoms with Crippen LogP contribution in [-0.2, 0) is 23.7 Å². The minimum Gasteiger partial charge on any atom is -0.444 e. The number of amides is 2. The highest BCUT2D eigenvalue weighted by atomic mass is 16.7. The van der Waals surface area contributed by atoms with Crippen molar-refractivity contribution >= 4 is 12.0 Å². The van der Waals surface area contributed by atoms with Crippen molar-refractivity contribution < 1.29 is 38.7 Å². The fourth-order valence-electron chi connectivity index (χ4n) is 5.43. The van der Waals surface area contributed by atoms with Crippen LogP contribution in [0.5, 0.6) is 0 Å². The number of hydrogen-bond acceptors (Lipinski definition) is 9. The van der Waals surface area contributed by atoms with Crippen LogP contribution >= 0.6 is 0 Å². The molecule has 11 heteroatoms. The van der Waals surface area contributed by atoms with Gasteiger partial charge in [0.15, 0.2) is 6.29 Å². The summed E-state index contributed by atoms with van der Waals surface area (Å²) >= 11 is 0. The maximum Gasteiger partial charge on any atom is 0.408 e. The van der Waals surface area contributed by atoms with Gasteiger partial charge in [0.05, 0.1) is 31.0 Å². The minimum atomic E-state index is -1.19. The van der Waals surface area contributed by atoms with E-state index in [-0.39, 0.29) is 24.7 Å². The number of nitrogens with one attached hydrogen (secondary N) is 2. The molecule has 34 heavy (non-hydrogen) atoms. The second-order valence-electron chi connectivity index (χ2n) is 10.9. The lowest BCUT2D eigenvalue weighted by molar-refractivity contribution is -0.308. The van der Waals surface area contributed by atoms with Crippen LogP contribution in [-0.4, -0.2) is 90.4 Å². The van der Waals surface area contributed by atoms with Gasteiger partial charge in [-0.3, -0.25) is 4.79 Å². The van der Waals surface area contributed by atoms with Gasteiger partial charge in [-0.1, -0.05) is 0 Å². The average Bonchev–Trinajstić information content (AvgIpc) is 2.75. The molecule has 6 N–H and O–H groups in total. The van der Waals surface area contributed by atoms with Gasteiger partial charge in [0.2, 0.25) is 5.91 Å². The summed E-state index contributed by atoms with van der Waals surface area (Å²) in [4.78, 5) is 25.2. The summed E-state index contributed by atoms with van der Waals surface area (Å²) in [5, 5.41) is 27.0. The molecule has 4 saturated heterocycles. The molecular weight excluding hydrogens is 446 g/mol. The summed E-state index contributed by atoms with van der Waals surface area (Å²) in [5.41, 5.74) is 4.91. The highest BCUT2D eigenvalue weighted by Gasteiger charge is 2.59. The molecule has 0 radical (unpaired) electrons. The van der Waals surface area contributed by atoms with Crippen molar-refractivity contribution in [2.24, 2.45) is 23.5 Å². The van der Waals surface area contributed by atoms with Crippen molar-refractivity contribution in [1.82, 2.24) is 10.6 Å². The van der Waals surface area contributed by atoms with Crippen LogP contribution in [0.15, 0.2) is 0 Å². The molecule has 0 aromatic heterocycles. The third-order valence-corrected chi connectivity index (χ3v) is 7.35. The summed E-state index contributed by atoms with van der Waals surface area (Å²) in [6, 6.07) is -0.831. The highest BCUT2D eigenvalue weighted by Crippen LogP contribution is 2.49. The summed E-state index contributed by atoms with van der Waals surface area (Å²) in [7, 11) is 0.